The van der Waals surface area contributed by atoms with Crippen LogP contribution in [0.3, 0.4) is 0 Å². The Bertz CT molecular complexity index is 1460. The van der Waals surface area contributed by atoms with E-state index in [1.165, 1.54) is 12.1 Å². The summed E-state index contributed by atoms with van der Waals surface area (Å²) >= 11 is 0. The number of rotatable bonds is 4. The van der Waals surface area contributed by atoms with Crippen LogP contribution >= 0.6 is 0 Å². The van der Waals surface area contributed by atoms with Gasteiger partial charge in [-0.15, -0.1) is 0 Å². The van der Waals surface area contributed by atoms with Crippen molar-refractivity contribution < 1.29 is 22.4 Å². The summed E-state index contributed by atoms with van der Waals surface area (Å²) in [5.74, 6) is -1.87. The van der Waals surface area contributed by atoms with Gasteiger partial charge in [0.25, 0.3) is 11.8 Å². The minimum Gasteiger partial charge on any atom is -0.369 e. The number of benzene rings is 3. The first-order valence-corrected chi connectivity index (χ1v) is 13.2. The largest absolute Gasteiger partial charge is 0.369 e. The number of aliphatic imine (C=N–C) groups is 1. The Morgan fingerprint density at radius 3 is 2.44 bits per heavy atom. The van der Waals surface area contributed by atoms with Gasteiger partial charge in [0.15, 0.2) is 9.84 Å². The Balaban J connectivity index is 1.48. The average Bonchev–Trinajstić information content (AvgIpc) is 3.00. The van der Waals surface area contributed by atoms with Crippen LogP contribution in [0.15, 0.2) is 77.8 Å². The molecular formula is C26H23FN4O4S. The molecule has 1 atom stereocenters. The van der Waals surface area contributed by atoms with Crippen LogP contribution in [0.25, 0.3) is 0 Å². The Morgan fingerprint density at radius 2 is 1.69 bits per heavy atom. The average molecular weight is 507 g/mol. The fraction of sp³-hybridized carbons (Fsp3) is 0.192. The van der Waals surface area contributed by atoms with Crippen LogP contribution in [0.4, 0.5) is 15.8 Å². The van der Waals surface area contributed by atoms with Crippen molar-refractivity contribution in [2.24, 2.45) is 4.99 Å². The number of carbonyl (C=O) groups excluding carboxylic acids is 2. The Hall–Kier alpha value is -4.05. The molecule has 10 heteroatoms. The molecule has 0 bridgehead atoms. The summed E-state index contributed by atoms with van der Waals surface area (Å²) in [6.45, 7) is 0.281. The van der Waals surface area contributed by atoms with E-state index in [4.69, 9.17) is 0 Å². The van der Waals surface area contributed by atoms with E-state index in [9.17, 15) is 22.4 Å². The Kier molecular flexibility index (Phi) is 6.27. The molecule has 0 saturated carbocycles. The molecule has 0 radical (unpaired) electrons. The van der Waals surface area contributed by atoms with E-state index in [0.717, 1.165) is 11.6 Å². The van der Waals surface area contributed by atoms with Crippen LogP contribution in [0.1, 0.15) is 21.5 Å². The molecule has 36 heavy (non-hydrogen) atoms. The molecule has 3 aromatic rings. The highest BCUT2D eigenvalue weighted by Crippen LogP contribution is 2.26. The molecule has 2 heterocycles. The van der Waals surface area contributed by atoms with Crippen LogP contribution in [-0.2, 0) is 14.6 Å². The van der Waals surface area contributed by atoms with Crippen molar-refractivity contribution in [1.82, 2.24) is 5.32 Å². The van der Waals surface area contributed by atoms with Crippen molar-refractivity contribution in [2.75, 3.05) is 34.8 Å². The predicted octanol–water partition coefficient (Wildman–Crippen LogP) is 2.61. The first-order chi connectivity index (χ1) is 17.3. The minimum absolute atomic E-state index is 0.0847. The highest BCUT2D eigenvalue weighted by Gasteiger charge is 2.30. The third-order valence-corrected chi connectivity index (χ3v) is 7.76. The van der Waals surface area contributed by atoms with E-state index in [1.807, 2.05) is 42.5 Å². The van der Waals surface area contributed by atoms with Crippen LogP contribution in [0, 0.1) is 5.82 Å². The van der Waals surface area contributed by atoms with Crippen molar-refractivity contribution in [3.05, 3.63) is 95.3 Å². The third kappa shape index (κ3) is 4.85. The highest BCUT2D eigenvalue weighted by molar-refractivity contribution is 7.91. The van der Waals surface area contributed by atoms with Crippen molar-refractivity contribution in [1.29, 1.82) is 0 Å². The highest BCUT2D eigenvalue weighted by atomic mass is 32.2. The topological polar surface area (TPSA) is 108 Å². The molecule has 2 N–H and O–H groups in total. The van der Waals surface area contributed by atoms with Gasteiger partial charge < -0.3 is 15.5 Å². The molecule has 8 nitrogen and oxygen atoms in total. The lowest BCUT2D eigenvalue weighted by Gasteiger charge is -2.30. The minimum atomic E-state index is -3.17. The summed E-state index contributed by atoms with van der Waals surface area (Å²) in [6, 6.07) is 20.2. The molecule has 0 aliphatic carbocycles. The number of fused-ring (bicyclic) bond motifs is 1. The summed E-state index contributed by atoms with van der Waals surface area (Å²) < 4.78 is 37.8. The van der Waals surface area contributed by atoms with E-state index in [2.05, 4.69) is 15.6 Å². The molecule has 3 aromatic carbocycles. The maximum atomic E-state index is 14.1. The molecule has 2 aliphatic heterocycles. The predicted molar refractivity (Wildman–Crippen MR) is 136 cm³/mol. The van der Waals surface area contributed by atoms with Crippen LogP contribution in [0.5, 0.6) is 0 Å². The second kappa shape index (κ2) is 9.54. The molecule has 184 valence electrons. The van der Waals surface area contributed by atoms with E-state index in [0.29, 0.717) is 17.0 Å². The normalized spacial score (nSPS) is 18.9. The third-order valence-electron chi connectivity index (χ3n) is 6.15. The van der Waals surface area contributed by atoms with E-state index < -0.39 is 33.6 Å². The first-order valence-electron chi connectivity index (χ1n) is 11.4. The van der Waals surface area contributed by atoms with Gasteiger partial charge in [-0.25, -0.2) is 17.8 Å². The van der Waals surface area contributed by atoms with Gasteiger partial charge in [-0.2, -0.15) is 0 Å². The van der Waals surface area contributed by atoms with Crippen LogP contribution < -0.4 is 15.5 Å². The lowest BCUT2D eigenvalue weighted by atomic mass is 10.0. The van der Waals surface area contributed by atoms with Crippen LogP contribution in [0.2, 0.25) is 0 Å². The molecule has 2 amide bonds. The maximum Gasteiger partial charge on any atom is 0.269 e. The zero-order chi connectivity index (χ0) is 25.3. The number of sulfone groups is 1. The van der Waals surface area contributed by atoms with Crippen molar-refractivity contribution in [2.45, 2.75) is 6.17 Å². The number of hydrogen-bond acceptors (Lipinski definition) is 6. The Labute approximate surface area is 207 Å². The number of benzodiazepines with no additional fused rings is 1. The number of nitrogens with one attached hydrogen (secondary N) is 2. The standard InChI is InChI=1S/C26H23FN4O4S/c27-18-10-11-20(22(16-18)31-12-14-36(34,35)15-13-31)25(32)30-24-26(33)28-21-9-5-4-8-19(21)23(29-24)17-6-2-1-3-7-17/h1-11,16,24H,12-15H2,(H,28,33)(H,30,32)/t24-/m1/s1. The molecule has 0 aromatic heterocycles. The van der Waals surface area contributed by atoms with Crippen LogP contribution in [-0.4, -0.2) is 56.7 Å². The SMILES string of the molecule is O=C(N[C@H]1N=C(c2ccccc2)c2ccccc2NC1=O)c1ccc(F)cc1N1CCS(=O)(=O)CC1. The van der Waals surface area contributed by atoms with Gasteiger partial charge in [0.05, 0.1) is 34.2 Å². The maximum absolute atomic E-state index is 14.1. The fourth-order valence-corrected chi connectivity index (χ4v) is 5.50. The van der Waals surface area contributed by atoms with Crippen molar-refractivity contribution in [3.63, 3.8) is 0 Å². The van der Waals surface area contributed by atoms with Gasteiger partial charge in [0.2, 0.25) is 6.17 Å². The van der Waals surface area contributed by atoms with Crippen molar-refractivity contribution >= 4 is 38.7 Å². The first kappa shape index (κ1) is 23.7. The zero-order valence-corrected chi connectivity index (χ0v) is 20.0. The number of para-hydroxylation sites is 1. The lowest BCUT2D eigenvalue weighted by molar-refractivity contribution is -0.117. The van der Waals surface area contributed by atoms with Gasteiger partial charge in [-0.05, 0) is 24.3 Å². The van der Waals surface area contributed by atoms with Gasteiger partial charge in [0, 0.05) is 24.2 Å². The summed E-state index contributed by atoms with van der Waals surface area (Å²) in [6.07, 6.45) is -1.25. The number of amides is 2. The molecule has 1 saturated heterocycles. The number of hydrogen-bond donors (Lipinski definition) is 2. The summed E-state index contributed by atoms with van der Waals surface area (Å²) in [4.78, 5) is 32.7. The summed E-state index contributed by atoms with van der Waals surface area (Å²) in [7, 11) is -3.17. The number of halogens is 1. The number of nitrogens with zero attached hydrogens (tertiary/aromatic N) is 2. The van der Waals surface area contributed by atoms with Gasteiger partial charge >= 0.3 is 0 Å². The zero-order valence-electron chi connectivity index (χ0n) is 19.1. The van der Waals surface area contributed by atoms with E-state index in [1.54, 1.807) is 17.0 Å². The van der Waals surface area contributed by atoms with Gasteiger partial charge in [-0.3, -0.25) is 9.59 Å². The molecule has 2 aliphatic rings. The monoisotopic (exact) mass is 506 g/mol. The number of carbonyl (C=O) groups is 2. The molecule has 5 rings (SSSR count). The van der Waals surface area contributed by atoms with Crippen molar-refractivity contribution in [3.8, 4) is 0 Å². The quantitative estimate of drug-likeness (QED) is 0.566. The van der Waals surface area contributed by atoms with E-state index >= 15 is 0 Å². The summed E-state index contributed by atoms with van der Waals surface area (Å²) in [5.41, 5.74) is 2.99. The Morgan fingerprint density at radius 1 is 1.00 bits per heavy atom. The van der Waals surface area contributed by atoms with Gasteiger partial charge in [-0.1, -0.05) is 48.5 Å². The smallest absolute Gasteiger partial charge is 0.269 e. The second-order valence-electron chi connectivity index (χ2n) is 8.55. The van der Waals surface area contributed by atoms with Gasteiger partial charge in [0.1, 0.15) is 5.82 Å². The fourth-order valence-electron chi connectivity index (χ4n) is 4.29. The molecule has 0 unspecified atom stereocenters. The molecule has 1 fully saturated rings. The lowest BCUT2D eigenvalue weighted by Crippen LogP contribution is -2.44. The number of anilines is 2. The second-order valence-corrected chi connectivity index (χ2v) is 10.9. The molecule has 0 spiro atoms. The summed E-state index contributed by atoms with van der Waals surface area (Å²) in [5, 5.41) is 5.49. The molecular weight excluding hydrogens is 483 g/mol. The van der Waals surface area contributed by atoms with E-state index in [-0.39, 0.29) is 35.8 Å².